The van der Waals surface area contributed by atoms with Crippen LogP contribution in [0.25, 0.3) is 0 Å². The van der Waals surface area contributed by atoms with E-state index in [0.717, 1.165) is 0 Å². The molecule has 0 N–H and O–H groups in total. The van der Waals surface area contributed by atoms with E-state index in [1.807, 2.05) is 0 Å². The quantitative estimate of drug-likeness (QED) is 0.507. The summed E-state index contributed by atoms with van der Waals surface area (Å²) in [6.45, 7) is 6.18. The van der Waals surface area contributed by atoms with Gasteiger partial charge in [-0.2, -0.15) is 13.2 Å². The number of rotatable bonds is 1. The number of hydrogen-bond acceptors (Lipinski definition) is 0. The van der Waals surface area contributed by atoms with Crippen molar-refractivity contribution in [2.45, 2.75) is 19.3 Å². The molecule has 0 amide bonds. The molecule has 0 aliphatic carbocycles. The molecule has 0 aliphatic rings. The van der Waals surface area contributed by atoms with Crippen molar-refractivity contribution in [3.05, 3.63) is 11.8 Å². The van der Waals surface area contributed by atoms with E-state index in [0.29, 0.717) is 0 Å². The maximum atomic E-state index is 11.6. The van der Waals surface area contributed by atoms with Gasteiger partial charge in [0.05, 0.1) is 8.80 Å². The minimum Gasteiger partial charge on any atom is -0.167 e. The van der Waals surface area contributed by atoms with E-state index in [2.05, 4.69) is 6.58 Å². The van der Waals surface area contributed by atoms with Crippen molar-refractivity contribution in [2.75, 3.05) is 0 Å². The first-order chi connectivity index (χ1) is 3.85. The summed E-state index contributed by atoms with van der Waals surface area (Å²) >= 11 is 0. The van der Waals surface area contributed by atoms with Crippen molar-refractivity contribution >= 4 is 8.80 Å². The lowest BCUT2D eigenvalue weighted by Crippen LogP contribution is -2.21. The Labute approximate surface area is 54.0 Å². The average molecular weight is 154 g/mol. The van der Waals surface area contributed by atoms with Crippen LogP contribution in [-0.2, 0) is 0 Å². The number of alkyl halides is 3. The smallest absolute Gasteiger partial charge is 0.167 e. The third-order valence-electron chi connectivity index (χ3n) is 1.06. The van der Waals surface area contributed by atoms with Crippen LogP contribution in [0.4, 0.5) is 13.2 Å². The minimum atomic E-state index is -4.15. The molecule has 0 aliphatic heterocycles. The number of allylic oxidation sites excluding steroid dienone is 1. The Balaban J connectivity index is 4.06. The zero-order chi connectivity index (χ0) is 7.65. The van der Waals surface area contributed by atoms with E-state index in [1.165, 1.54) is 0 Å². The molecule has 54 valence electrons. The molecule has 0 unspecified atom stereocenters. The van der Waals surface area contributed by atoms with Gasteiger partial charge < -0.3 is 0 Å². The Kier molecular flexibility index (Phi) is 2.48. The van der Waals surface area contributed by atoms with Crippen LogP contribution in [-0.4, -0.2) is 15.0 Å². The van der Waals surface area contributed by atoms with Gasteiger partial charge in [-0.25, -0.2) is 0 Å². The van der Waals surface area contributed by atoms with Crippen LogP contribution in [0.5, 0.6) is 0 Å². The average Bonchev–Trinajstić information content (AvgIpc) is 1.62. The molecule has 0 bridgehead atoms. The molecule has 0 radical (unpaired) electrons. The second-order valence-electron chi connectivity index (χ2n) is 2.18. The monoisotopic (exact) mass is 154 g/mol. The van der Waals surface area contributed by atoms with Gasteiger partial charge in [0.25, 0.3) is 0 Å². The molecule has 0 aromatic heterocycles. The molecule has 0 spiro atoms. The zero-order valence-corrected chi connectivity index (χ0v) is 6.57. The van der Waals surface area contributed by atoms with Crippen LogP contribution in [0, 0.1) is 0 Å². The molecule has 0 saturated carbocycles. The second-order valence-corrected chi connectivity index (χ2v) is 5.18. The fourth-order valence-electron chi connectivity index (χ4n) is 0.327. The summed E-state index contributed by atoms with van der Waals surface area (Å²) in [6, 6.07) is 0. The molecule has 0 rings (SSSR count). The van der Waals surface area contributed by atoms with Gasteiger partial charge in [0.1, 0.15) is 0 Å². The van der Waals surface area contributed by atoms with Crippen LogP contribution in [0.15, 0.2) is 11.8 Å². The highest BCUT2D eigenvalue weighted by Crippen LogP contribution is 2.25. The van der Waals surface area contributed by atoms with Gasteiger partial charge in [0.15, 0.2) is 0 Å². The first-order valence-corrected chi connectivity index (χ1v) is 5.50. The lowest BCUT2D eigenvalue weighted by molar-refractivity contribution is -0.0849. The highest BCUT2D eigenvalue weighted by molar-refractivity contribution is 6.64. The summed E-state index contributed by atoms with van der Waals surface area (Å²) in [5.41, 5.74) is 0. The normalized spacial score (nSPS) is 12.2. The molecule has 0 nitrogen and oxygen atoms in total. The third-order valence-corrected chi connectivity index (χ3v) is 2.78. The molecule has 0 aromatic rings. The summed E-state index contributed by atoms with van der Waals surface area (Å²) < 4.78 is 34.9. The summed E-state index contributed by atoms with van der Waals surface area (Å²) in [6.07, 6.45) is -4.15. The van der Waals surface area contributed by atoms with Crippen molar-refractivity contribution in [2.24, 2.45) is 0 Å². The topological polar surface area (TPSA) is 0 Å². The van der Waals surface area contributed by atoms with Gasteiger partial charge in [-0.05, 0) is 0 Å². The van der Waals surface area contributed by atoms with Crippen LogP contribution >= 0.6 is 0 Å². The second kappa shape index (κ2) is 2.56. The van der Waals surface area contributed by atoms with E-state index < -0.39 is 20.2 Å². The summed E-state index contributed by atoms with van der Waals surface area (Å²) in [5.74, 6) is 0. The van der Waals surface area contributed by atoms with Gasteiger partial charge in [0, 0.05) is 5.20 Å². The molecular weight excluding hydrogens is 145 g/mol. The SMILES string of the molecule is C=C([SiH](C)C)C(F)(F)F. The van der Waals surface area contributed by atoms with Gasteiger partial charge in [0.2, 0.25) is 0 Å². The fourth-order valence-corrected chi connectivity index (χ4v) is 0.982. The van der Waals surface area contributed by atoms with Crippen LogP contribution < -0.4 is 0 Å². The fraction of sp³-hybridized carbons (Fsp3) is 0.600. The predicted octanol–water partition coefficient (Wildman–Crippen LogP) is 2.13. The maximum absolute atomic E-state index is 11.6. The third kappa shape index (κ3) is 2.69. The molecule has 0 saturated heterocycles. The Morgan fingerprint density at radius 3 is 1.67 bits per heavy atom. The highest BCUT2D eigenvalue weighted by atomic mass is 28.3. The van der Waals surface area contributed by atoms with Crippen LogP contribution in [0.1, 0.15) is 0 Å². The highest BCUT2D eigenvalue weighted by Gasteiger charge is 2.33. The lowest BCUT2D eigenvalue weighted by atomic mass is 10.6. The molecular formula is C5H9F3Si. The Bertz CT molecular complexity index is 114. The molecule has 0 atom stereocenters. The van der Waals surface area contributed by atoms with E-state index in [4.69, 9.17) is 0 Å². The van der Waals surface area contributed by atoms with E-state index in [9.17, 15) is 13.2 Å². The van der Waals surface area contributed by atoms with E-state index in [-0.39, 0.29) is 0 Å². The Hall–Kier alpha value is -0.253. The standard InChI is InChI=1S/C5H9F3Si/c1-4(9(2)3)5(6,7)8/h9H,1H2,2-3H3. The van der Waals surface area contributed by atoms with Gasteiger partial charge in [-0.1, -0.05) is 19.7 Å². The van der Waals surface area contributed by atoms with E-state index >= 15 is 0 Å². The van der Waals surface area contributed by atoms with Crippen molar-refractivity contribution in [1.29, 1.82) is 0 Å². The summed E-state index contributed by atoms with van der Waals surface area (Å²) in [4.78, 5) is 0. The maximum Gasteiger partial charge on any atom is 0.408 e. The first-order valence-electron chi connectivity index (χ1n) is 2.61. The Morgan fingerprint density at radius 2 is 1.67 bits per heavy atom. The van der Waals surface area contributed by atoms with Crippen molar-refractivity contribution in [3.8, 4) is 0 Å². The van der Waals surface area contributed by atoms with Crippen molar-refractivity contribution < 1.29 is 13.2 Å². The van der Waals surface area contributed by atoms with Crippen LogP contribution in [0.3, 0.4) is 0 Å². The molecule has 0 aromatic carbocycles. The zero-order valence-electron chi connectivity index (χ0n) is 5.42. The molecule has 4 heteroatoms. The molecule has 0 heterocycles. The van der Waals surface area contributed by atoms with Gasteiger partial charge in [-0.15, -0.1) is 0 Å². The molecule has 9 heavy (non-hydrogen) atoms. The summed E-state index contributed by atoms with van der Waals surface area (Å²) in [5, 5.41) is -0.525. The largest absolute Gasteiger partial charge is 0.408 e. The number of hydrogen-bond donors (Lipinski definition) is 0. The lowest BCUT2D eigenvalue weighted by Gasteiger charge is -2.11. The number of halogens is 3. The molecule has 0 fully saturated rings. The predicted molar refractivity (Wildman–Crippen MR) is 34.1 cm³/mol. The van der Waals surface area contributed by atoms with Gasteiger partial charge in [-0.3, -0.25) is 0 Å². The van der Waals surface area contributed by atoms with E-state index in [1.54, 1.807) is 13.1 Å². The summed E-state index contributed by atoms with van der Waals surface area (Å²) in [7, 11) is -1.71. The minimum absolute atomic E-state index is 0.525. The van der Waals surface area contributed by atoms with Crippen molar-refractivity contribution in [3.63, 3.8) is 0 Å². The Morgan fingerprint density at radius 1 is 1.33 bits per heavy atom. The first kappa shape index (κ1) is 8.75. The van der Waals surface area contributed by atoms with Crippen LogP contribution in [0.2, 0.25) is 13.1 Å². The van der Waals surface area contributed by atoms with Crippen molar-refractivity contribution in [1.82, 2.24) is 0 Å². The van der Waals surface area contributed by atoms with Gasteiger partial charge >= 0.3 is 6.18 Å².